The van der Waals surface area contributed by atoms with E-state index in [1.54, 1.807) is 25.1 Å². The molecule has 37 heavy (non-hydrogen) atoms. The Bertz CT molecular complexity index is 1190. The number of hydrogen-bond donors (Lipinski definition) is 6. The predicted octanol–water partition coefficient (Wildman–Crippen LogP) is 0.265. The molecule has 1 amide bonds. The van der Waals surface area contributed by atoms with Crippen molar-refractivity contribution in [3.63, 3.8) is 0 Å². The number of carbonyl (C=O) groups excluding carboxylic acids is 3. The standard InChI is InChI=1S/C27H37N3O7/c1-26(2,3)11-29-10-12-6-7-16(31)18-14(12)8-13-9-15-20(30(4)5)22(33)19(25(28)36)24(35)27(15,37)23(34)17(13)21(18)32/h6-7,13,15,19-20,22,29,31-33,37H,8-11H2,1-5H3,(H2,28,36)/t13-,15-,19?,20-,22-,27-/m0/s1. The molecular weight excluding hydrogens is 478 g/mol. The molecule has 4 rings (SSSR count). The van der Waals surface area contributed by atoms with Gasteiger partial charge < -0.3 is 36.4 Å². The summed E-state index contributed by atoms with van der Waals surface area (Å²) in [5, 5.41) is 47.9. The number of fused-ring (bicyclic) bond motifs is 3. The second-order valence-electron chi connectivity index (χ2n) is 12.1. The van der Waals surface area contributed by atoms with E-state index in [9.17, 15) is 34.8 Å². The van der Waals surface area contributed by atoms with Gasteiger partial charge in [0.2, 0.25) is 11.7 Å². The number of amides is 1. The first-order valence-corrected chi connectivity index (χ1v) is 12.5. The largest absolute Gasteiger partial charge is 0.507 e. The minimum atomic E-state index is -2.65. The van der Waals surface area contributed by atoms with Crippen molar-refractivity contribution >= 4 is 23.2 Å². The summed E-state index contributed by atoms with van der Waals surface area (Å²) in [6.45, 7) is 7.52. The van der Waals surface area contributed by atoms with E-state index in [-0.39, 0.29) is 35.1 Å². The Kier molecular flexibility index (Phi) is 6.77. The van der Waals surface area contributed by atoms with Gasteiger partial charge in [0, 0.05) is 30.6 Å². The highest BCUT2D eigenvalue weighted by Crippen LogP contribution is 2.52. The average Bonchev–Trinajstić information content (AvgIpc) is 2.76. The highest BCUT2D eigenvalue weighted by Gasteiger charge is 2.67. The molecule has 2 fully saturated rings. The van der Waals surface area contributed by atoms with E-state index < -0.39 is 58.7 Å². The van der Waals surface area contributed by atoms with Crippen molar-refractivity contribution in [2.75, 3.05) is 20.6 Å². The first-order valence-electron chi connectivity index (χ1n) is 12.5. The summed E-state index contributed by atoms with van der Waals surface area (Å²) < 4.78 is 0. The molecule has 202 valence electrons. The maximum atomic E-state index is 13.8. The summed E-state index contributed by atoms with van der Waals surface area (Å²) in [5.74, 6) is -7.38. The van der Waals surface area contributed by atoms with E-state index in [0.29, 0.717) is 12.1 Å². The number of Topliss-reactive ketones (excluding diaryl/α,β-unsaturated/α-hetero) is 2. The molecule has 7 N–H and O–H groups in total. The van der Waals surface area contributed by atoms with Crippen molar-refractivity contribution in [1.82, 2.24) is 10.2 Å². The number of primary amides is 1. The number of ketones is 2. The molecule has 3 aliphatic rings. The molecule has 0 heterocycles. The molecule has 0 saturated heterocycles. The fourth-order valence-corrected chi connectivity index (χ4v) is 6.41. The molecule has 1 aromatic carbocycles. The smallest absolute Gasteiger partial charge is 0.230 e. The summed E-state index contributed by atoms with van der Waals surface area (Å²) >= 11 is 0. The van der Waals surface area contributed by atoms with Gasteiger partial charge in [-0.25, -0.2) is 0 Å². The number of nitrogens with one attached hydrogen (secondary N) is 1. The van der Waals surface area contributed by atoms with Crippen LogP contribution in [-0.4, -0.2) is 81.2 Å². The highest BCUT2D eigenvalue weighted by atomic mass is 16.3. The van der Waals surface area contributed by atoms with Gasteiger partial charge in [-0.1, -0.05) is 26.8 Å². The predicted molar refractivity (Wildman–Crippen MR) is 135 cm³/mol. The lowest BCUT2D eigenvalue weighted by Crippen LogP contribution is -2.73. The van der Waals surface area contributed by atoms with Crippen LogP contribution in [0.4, 0.5) is 0 Å². The van der Waals surface area contributed by atoms with Crippen molar-refractivity contribution < 1.29 is 34.8 Å². The maximum absolute atomic E-state index is 13.8. The SMILES string of the molecule is CN(C)[C@@H]1[C@@H](O)C(C(N)=O)C(=O)[C@@]2(O)C(=O)C3=C(O)c4c(O)ccc(CNCC(C)(C)C)c4C[C@H]3C[C@@H]12. The van der Waals surface area contributed by atoms with E-state index in [1.807, 2.05) is 0 Å². The Morgan fingerprint density at radius 2 is 1.86 bits per heavy atom. The van der Waals surface area contributed by atoms with Crippen molar-refractivity contribution in [2.24, 2.45) is 28.9 Å². The second-order valence-corrected chi connectivity index (χ2v) is 12.1. The summed E-state index contributed by atoms with van der Waals surface area (Å²) in [7, 11) is 3.26. The number of phenols is 1. The molecule has 0 aliphatic heterocycles. The van der Waals surface area contributed by atoms with Gasteiger partial charge in [-0.05, 0) is 55.5 Å². The van der Waals surface area contributed by atoms with Crippen molar-refractivity contribution in [3.8, 4) is 5.75 Å². The van der Waals surface area contributed by atoms with Crippen molar-refractivity contribution in [2.45, 2.75) is 57.9 Å². The van der Waals surface area contributed by atoms with Crippen molar-refractivity contribution in [1.29, 1.82) is 0 Å². The van der Waals surface area contributed by atoms with E-state index in [2.05, 4.69) is 26.1 Å². The zero-order chi connectivity index (χ0) is 27.6. The summed E-state index contributed by atoms with van der Waals surface area (Å²) in [6, 6.07) is 2.31. The van der Waals surface area contributed by atoms with E-state index in [1.165, 1.54) is 6.07 Å². The molecule has 6 atom stereocenters. The van der Waals surface area contributed by atoms with Gasteiger partial charge in [-0.15, -0.1) is 0 Å². The van der Waals surface area contributed by atoms with E-state index in [0.717, 1.165) is 12.1 Å². The third-order valence-electron chi connectivity index (χ3n) is 8.04. The van der Waals surface area contributed by atoms with Gasteiger partial charge in [0.1, 0.15) is 17.4 Å². The lowest BCUT2D eigenvalue weighted by molar-refractivity contribution is -0.184. The number of aromatic hydroxyl groups is 1. The molecule has 0 radical (unpaired) electrons. The van der Waals surface area contributed by atoms with Crippen LogP contribution in [0.15, 0.2) is 17.7 Å². The number of nitrogens with zero attached hydrogens (tertiary/aromatic N) is 1. The van der Waals surface area contributed by atoms with Crippen LogP contribution in [0.3, 0.4) is 0 Å². The fraction of sp³-hybridized carbons (Fsp3) is 0.593. The Morgan fingerprint density at radius 3 is 2.43 bits per heavy atom. The zero-order valence-corrected chi connectivity index (χ0v) is 21.9. The van der Waals surface area contributed by atoms with Crippen LogP contribution in [0.25, 0.3) is 5.76 Å². The molecule has 10 heteroatoms. The third kappa shape index (κ3) is 4.25. The number of hydrogen-bond acceptors (Lipinski definition) is 9. The molecule has 1 unspecified atom stereocenters. The average molecular weight is 516 g/mol. The summed E-state index contributed by atoms with van der Waals surface area (Å²) in [5.41, 5.74) is 4.30. The zero-order valence-electron chi connectivity index (χ0n) is 21.9. The molecule has 0 spiro atoms. The minimum Gasteiger partial charge on any atom is -0.507 e. The number of rotatable bonds is 5. The molecular formula is C27H37N3O7. The Labute approximate surface area is 216 Å². The normalized spacial score (nSPS) is 31.7. The summed E-state index contributed by atoms with van der Waals surface area (Å²) in [4.78, 5) is 40.9. The molecule has 3 aliphatic carbocycles. The van der Waals surface area contributed by atoms with Crippen molar-refractivity contribution in [3.05, 3.63) is 34.4 Å². The molecule has 10 nitrogen and oxygen atoms in total. The van der Waals surface area contributed by atoms with Gasteiger partial charge >= 0.3 is 0 Å². The quantitative estimate of drug-likeness (QED) is 0.301. The highest BCUT2D eigenvalue weighted by molar-refractivity contribution is 6.25. The van der Waals surface area contributed by atoms with Gasteiger partial charge in [-0.3, -0.25) is 14.4 Å². The van der Waals surface area contributed by atoms with Gasteiger partial charge in [0.05, 0.1) is 11.7 Å². The monoisotopic (exact) mass is 515 g/mol. The van der Waals surface area contributed by atoms with E-state index >= 15 is 0 Å². The van der Waals surface area contributed by atoms with Crippen LogP contribution in [0.1, 0.15) is 43.9 Å². The number of likely N-dealkylation sites (N-methyl/N-ethyl adjacent to an activating group) is 1. The van der Waals surface area contributed by atoms with Crippen LogP contribution in [0.5, 0.6) is 5.75 Å². The molecule has 0 bridgehead atoms. The Hall–Kier alpha value is -2.79. The fourth-order valence-electron chi connectivity index (χ4n) is 6.41. The third-order valence-corrected chi connectivity index (χ3v) is 8.04. The maximum Gasteiger partial charge on any atom is 0.230 e. The van der Waals surface area contributed by atoms with Gasteiger partial charge in [0.15, 0.2) is 11.4 Å². The first-order chi connectivity index (χ1) is 17.1. The molecule has 1 aromatic rings. The second kappa shape index (κ2) is 9.20. The number of aliphatic hydroxyl groups excluding tert-OH is 2. The lowest BCUT2D eigenvalue weighted by atomic mass is 9.54. The Morgan fingerprint density at radius 1 is 1.22 bits per heavy atom. The van der Waals surface area contributed by atoms with E-state index in [4.69, 9.17) is 5.73 Å². The lowest BCUT2D eigenvalue weighted by Gasteiger charge is -2.53. The number of aliphatic hydroxyl groups is 3. The topological polar surface area (TPSA) is 173 Å². The Balaban J connectivity index is 1.82. The van der Waals surface area contributed by atoms with Gasteiger partial charge in [-0.2, -0.15) is 0 Å². The number of nitrogens with two attached hydrogens (primary N) is 1. The number of carbonyl (C=O) groups is 3. The van der Waals surface area contributed by atoms with Crippen LogP contribution < -0.4 is 11.1 Å². The van der Waals surface area contributed by atoms with Gasteiger partial charge in [0.25, 0.3) is 0 Å². The first kappa shape index (κ1) is 27.3. The number of benzene rings is 1. The van der Waals surface area contributed by atoms with Crippen LogP contribution in [0, 0.1) is 23.2 Å². The molecule has 2 saturated carbocycles. The van der Waals surface area contributed by atoms with Crippen LogP contribution >= 0.6 is 0 Å². The minimum absolute atomic E-state index is 0.0464. The van der Waals surface area contributed by atoms with Crippen LogP contribution in [0.2, 0.25) is 0 Å². The number of phenolic OH excluding ortho intramolecular Hbond substituents is 1. The summed E-state index contributed by atoms with van der Waals surface area (Å²) in [6.07, 6.45) is -1.12. The van der Waals surface area contributed by atoms with Crippen LogP contribution in [-0.2, 0) is 27.3 Å². The molecule has 0 aromatic heterocycles.